The van der Waals surface area contributed by atoms with Gasteiger partial charge in [0.25, 0.3) is 0 Å². The van der Waals surface area contributed by atoms with Gasteiger partial charge in [-0.3, -0.25) is 4.98 Å². The van der Waals surface area contributed by atoms with E-state index in [4.69, 9.17) is 9.47 Å². The van der Waals surface area contributed by atoms with Crippen LogP contribution < -0.4 is 5.32 Å². The summed E-state index contributed by atoms with van der Waals surface area (Å²) in [5.74, 6) is 0. The minimum atomic E-state index is 0.649. The van der Waals surface area contributed by atoms with E-state index in [9.17, 15) is 0 Å². The SMILES string of the molecule is COCCOCCNCc1cccc2cnccc12. The molecule has 0 aliphatic heterocycles. The van der Waals surface area contributed by atoms with Crippen LogP contribution in [0.3, 0.4) is 0 Å². The van der Waals surface area contributed by atoms with Gasteiger partial charge in [-0.2, -0.15) is 0 Å². The number of methoxy groups -OCH3 is 1. The van der Waals surface area contributed by atoms with Gasteiger partial charge in [0.15, 0.2) is 0 Å². The molecule has 4 nitrogen and oxygen atoms in total. The maximum Gasteiger partial charge on any atom is 0.0700 e. The smallest absolute Gasteiger partial charge is 0.0700 e. The van der Waals surface area contributed by atoms with E-state index in [-0.39, 0.29) is 0 Å². The molecule has 2 rings (SSSR count). The van der Waals surface area contributed by atoms with Crippen molar-refractivity contribution in [3.8, 4) is 0 Å². The van der Waals surface area contributed by atoms with Crippen LogP contribution in [0, 0.1) is 0 Å². The number of rotatable bonds is 8. The normalized spacial score (nSPS) is 11.0. The van der Waals surface area contributed by atoms with E-state index in [1.165, 1.54) is 16.3 Å². The first-order valence-corrected chi connectivity index (χ1v) is 6.51. The molecule has 4 heteroatoms. The predicted molar refractivity (Wildman–Crippen MR) is 76.1 cm³/mol. The lowest BCUT2D eigenvalue weighted by molar-refractivity contribution is 0.0719. The van der Waals surface area contributed by atoms with Gasteiger partial charge >= 0.3 is 0 Å². The fourth-order valence-corrected chi connectivity index (χ4v) is 1.96. The minimum absolute atomic E-state index is 0.649. The zero-order chi connectivity index (χ0) is 13.3. The average molecular weight is 260 g/mol. The maximum atomic E-state index is 5.40. The van der Waals surface area contributed by atoms with Crippen molar-refractivity contribution in [3.05, 3.63) is 42.2 Å². The molecule has 1 N–H and O–H groups in total. The number of nitrogens with one attached hydrogen (secondary N) is 1. The predicted octanol–water partition coefficient (Wildman–Crippen LogP) is 1.99. The van der Waals surface area contributed by atoms with Crippen LogP contribution in [0.4, 0.5) is 0 Å². The maximum absolute atomic E-state index is 5.40. The van der Waals surface area contributed by atoms with Gasteiger partial charge in [-0.1, -0.05) is 18.2 Å². The number of hydrogen-bond acceptors (Lipinski definition) is 4. The zero-order valence-corrected chi connectivity index (χ0v) is 11.3. The molecule has 0 bridgehead atoms. The first kappa shape index (κ1) is 13.9. The Morgan fingerprint density at radius 2 is 2.11 bits per heavy atom. The van der Waals surface area contributed by atoms with Gasteiger partial charge in [0, 0.05) is 38.0 Å². The number of ether oxygens (including phenoxy) is 2. The highest BCUT2D eigenvalue weighted by molar-refractivity contribution is 5.84. The van der Waals surface area contributed by atoms with E-state index >= 15 is 0 Å². The fourth-order valence-electron chi connectivity index (χ4n) is 1.96. The summed E-state index contributed by atoms with van der Waals surface area (Å²) in [4.78, 5) is 4.14. The van der Waals surface area contributed by atoms with Gasteiger partial charge in [0.05, 0.1) is 19.8 Å². The molecule has 0 spiro atoms. The van der Waals surface area contributed by atoms with Gasteiger partial charge in [-0.05, 0) is 17.0 Å². The average Bonchev–Trinajstić information content (AvgIpc) is 2.46. The molecule has 0 fully saturated rings. The molecule has 0 unspecified atom stereocenters. The van der Waals surface area contributed by atoms with Crippen LogP contribution in [-0.4, -0.2) is 38.5 Å². The van der Waals surface area contributed by atoms with Gasteiger partial charge in [-0.25, -0.2) is 0 Å². The molecule has 2 aromatic rings. The van der Waals surface area contributed by atoms with Gasteiger partial charge < -0.3 is 14.8 Å². The van der Waals surface area contributed by atoms with Crippen LogP contribution in [0.15, 0.2) is 36.7 Å². The molecule has 1 aromatic carbocycles. The standard InChI is InChI=1S/C15H20N2O2/c1-18-9-10-19-8-7-17-12-14-4-2-3-13-11-16-6-5-15(13)14/h2-6,11,17H,7-10,12H2,1H3. The molecule has 0 saturated carbocycles. The van der Waals surface area contributed by atoms with Crippen molar-refractivity contribution in [1.82, 2.24) is 10.3 Å². The summed E-state index contributed by atoms with van der Waals surface area (Å²) >= 11 is 0. The Balaban J connectivity index is 1.78. The highest BCUT2D eigenvalue weighted by Gasteiger charge is 1.99. The van der Waals surface area contributed by atoms with Gasteiger partial charge in [0.1, 0.15) is 0 Å². The van der Waals surface area contributed by atoms with E-state index in [2.05, 4.69) is 34.6 Å². The second-order valence-corrected chi connectivity index (χ2v) is 4.30. The molecular formula is C15H20N2O2. The summed E-state index contributed by atoms with van der Waals surface area (Å²) in [6.45, 7) is 3.68. The molecule has 1 aromatic heterocycles. The highest BCUT2D eigenvalue weighted by atomic mass is 16.5. The van der Waals surface area contributed by atoms with Crippen molar-refractivity contribution >= 4 is 10.8 Å². The molecule has 0 amide bonds. The lowest BCUT2D eigenvalue weighted by Gasteiger charge is -2.08. The Morgan fingerprint density at radius 1 is 1.16 bits per heavy atom. The van der Waals surface area contributed by atoms with Crippen LogP contribution in [0.5, 0.6) is 0 Å². The number of aromatic nitrogens is 1. The lowest BCUT2D eigenvalue weighted by atomic mass is 10.1. The summed E-state index contributed by atoms with van der Waals surface area (Å²) in [6.07, 6.45) is 3.73. The quantitative estimate of drug-likeness (QED) is 0.737. The van der Waals surface area contributed by atoms with Crippen molar-refractivity contribution in [1.29, 1.82) is 0 Å². The molecule has 0 atom stereocenters. The third kappa shape index (κ3) is 4.28. The first-order chi connectivity index (χ1) is 9.42. The summed E-state index contributed by atoms with van der Waals surface area (Å²) in [5, 5.41) is 5.82. The summed E-state index contributed by atoms with van der Waals surface area (Å²) in [6, 6.07) is 8.35. The van der Waals surface area contributed by atoms with Crippen LogP contribution in [0.1, 0.15) is 5.56 Å². The van der Waals surface area contributed by atoms with E-state index in [1.807, 2.05) is 12.4 Å². The number of fused-ring (bicyclic) bond motifs is 1. The van der Waals surface area contributed by atoms with E-state index < -0.39 is 0 Å². The van der Waals surface area contributed by atoms with Gasteiger partial charge in [0.2, 0.25) is 0 Å². The number of hydrogen-bond donors (Lipinski definition) is 1. The second kappa shape index (κ2) is 7.84. The molecule has 1 heterocycles. The first-order valence-electron chi connectivity index (χ1n) is 6.51. The molecular weight excluding hydrogens is 240 g/mol. The molecule has 102 valence electrons. The van der Waals surface area contributed by atoms with Crippen LogP contribution in [0.2, 0.25) is 0 Å². The molecule has 19 heavy (non-hydrogen) atoms. The van der Waals surface area contributed by atoms with Crippen molar-refractivity contribution in [2.45, 2.75) is 6.54 Å². The molecule has 0 aliphatic rings. The fraction of sp³-hybridized carbons (Fsp3) is 0.400. The Hall–Kier alpha value is -1.49. The van der Waals surface area contributed by atoms with Crippen LogP contribution >= 0.6 is 0 Å². The second-order valence-electron chi connectivity index (χ2n) is 4.30. The Morgan fingerprint density at radius 3 is 3.00 bits per heavy atom. The lowest BCUT2D eigenvalue weighted by Crippen LogP contribution is -2.20. The Bertz CT molecular complexity index is 497. The summed E-state index contributed by atoms with van der Waals surface area (Å²) < 4.78 is 10.3. The largest absolute Gasteiger partial charge is 0.382 e. The third-order valence-corrected chi connectivity index (χ3v) is 2.94. The van der Waals surface area contributed by atoms with E-state index in [0.717, 1.165) is 13.1 Å². The van der Waals surface area contributed by atoms with Crippen molar-refractivity contribution in [2.75, 3.05) is 33.5 Å². The third-order valence-electron chi connectivity index (χ3n) is 2.94. The van der Waals surface area contributed by atoms with Crippen molar-refractivity contribution in [2.24, 2.45) is 0 Å². The Kier molecular flexibility index (Phi) is 5.75. The van der Waals surface area contributed by atoms with Crippen molar-refractivity contribution < 1.29 is 9.47 Å². The van der Waals surface area contributed by atoms with Crippen molar-refractivity contribution in [3.63, 3.8) is 0 Å². The van der Waals surface area contributed by atoms with E-state index in [1.54, 1.807) is 7.11 Å². The molecule has 0 radical (unpaired) electrons. The van der Waals surface area contributed by atoms with Crippen LogP contribution in [-0.2, 0) is 16.0 Å². The van der Waals surface area contributed by atoms with E-state index in [0.29, 0.717) is 19.8 Å². The summed E-state index contributed by atoms with van der Waals surface area (Å²) in [7, 11) is 1.68. The summed E-state index contributed by atoms with van der Waals surface area (Å²) in [5.41, 5.74) is 1.29. The highest BCUT2D eigenvalue weighted by Crippen LogP contribution is 2.16. The van der Waals surface area contributed by atoms with Crippen LogP contribution in [0.25, 0.3) is 10.8 Å². The number of pyridine rings is 1. The molecule has 0 aliphatic carbocycles. The molecule has 0 saturated heterocycles. The van der Waals surface area contributed by atoms with Gasteiger partial charge in [-0.15, -0.1) is 0 Å². The number of benzene rings is 1. The minimum Gasteiger partial charge on any atom is -0.382 e. The Labute approximate surface area is 113 Å². The number of nitrogens with zero attached hydrogens (tertiary/aromatic N) is 1. The monoisotopic (exact) mass is 260 g/mol. The topological polar surface area (TPSA) is 43.4 Å². The zero-order valence-electron chi connectivity index (χ0n) is 11.3.